The number of amides is 2. The molecule has 0 spiro atoms. The SMILES string of the molecule is Cc1cccc(C)c1NC(=O)CNC(=O)C[NH+]1CC=C(c2ccccc2)CC1. The molecule has 2 aromatic carbocycles. The van der Waals surface area contributed by atoms with E-state index in [2.05, 4.69) is 28.8 Å². The van der Waals surface area contributed by atoms with Gasteiger partial charge in [-0.15, -0.1) is 0 Å². The number of nitrogens with one attached hydrogen (secondary N) is 3. The van der Waals surface area contributed by atoms with Gasteiger partial charge in [-0.1, -0.05) is 48.5 Å². The largest absolute Gasteiger partial charge is 0.342 e. The molecule has 1 unspecified atom stereocenters. The zero-order valence-electron chi connectivity index (χ0n) is 16.5. The maximum Gasteiger partial charge on any atom is 0.275 e. The van der Waals surface area contributed by atoms with Gasteiger partial charge in [0.15, 0.2) is 6.54 Å². The lowest BCUT2D eigenvalue weighted by Crippen LogP contribution is -3.13. The second-order valence-corrected chi connectivity index (χ2v) is 7.32. The zero-order valence-corrected chi connectivity index (χ0v) is 16.5. The van der Waals surface area contributed by atoms with Gasteiger partial charge in [-0.05, 0) is 42.2 Å². The molecule has 28 heavy (non-hydrogen) atoms. The molecule has 5 heteroatoms. The highest BCUT2D eigenvalue weighted by molar-refractivity contribution is 5.95. The molecule has 5 nitrogen and oxygen atoms in total. The van der Waals surface area contributed by atoms with Crippen molar-refractivity contribution in [1.82, 2.24) is 5.32 Å². The minimum absolute atomic E-state index is 0.00894. The number of anilines is 1. The first-order valence-corrected chi connectivity index (χ1v) is 9.73. The molecule has 2 aromatic rings. The standard InChI is InChI=1S/C23H27N3O2/c1-17-7-6-8-18(2)23(17)25-21(27)15-24-22(28)16-26-13-11-20(12-14-26)19-9-4-3-5-10-19/h3-11H,12-16H2,1-2H3,(H,24,28)(H,25,27)/p+1. The maximum atomic E-state index is 12.2. The fourth-order valence-corrected chi connectivity index (χ4v) is 3.52. The number of carbonyl (C=O) groups excluding carboxylic acids is 2. The molecule has 0 saturated carbocycles. The first-order valence-electron chi connectivity index (χ1n) is 9.73. The second-order valence-electron chi connectivity index (χ2n) is 7.32. The van der Waals surface area contributed by atoms with Gasteiger partial charge in [-0.2, -0.15) is 0 Å². The van der Waals surface area contributed by atoms with E-state index in [1.807, 2.05) is 50.2 Å². The molecule has 0 aromatic heterocycles. The topological polar surface area (TPSA) is 62.6 Å². The van der Waals surface area contributed by atoms with Crippen LogP contribution in [-0.2, 0) is 9.59 Å². The molecular formula is C23H28N3O2+. The van der Waals surface area contributed by atoms with Crippen LogP contribution in [0.2, 0.25) is 0 Å². The number of quaternary nitrogens is 1. The van der Waals surface area contributed by atoms with Crippen molar-refractivity contribution in [3.8, 4) is 0 Å². The van der Waals surface area contributed by atoms with Crippen molar-refractivity contribution in [2.24, 2.45) is 0 Å². The molecule has 1 aliphatic heterocycles. The lowest BCUT2D eigenvalue weighted by molar-refractivity contribution is -0.886. The number of hydrogen-bond acceptors (Lipinski definition) is 2. The van der Waals surface area contributed by atoms with Crippen LogP contribution < -0.4 is 15.5 Å². The Kier molecular flexibility index (Phi) is 6.61. The minimum Gasteiger partial charge on any atom is -0.342 e. The summed E-state index contributed by atoms with van der Waals surface area (Å²) in [5, 5.41) is 5.63. The maximum absolute atomic E-state index is 12.2. The van der Waals surface area contributed by atoms with Crippen molar-refractivity contribution in [3.63, 3.8) is 0 Å². The lowest BCUT2D eigenvalue weighted by Gasteiger charge is -2.23. The predicted octanol–water partition coefficient (Wildman–Crippen LogP) is 1.73. The third-order valence-electron chi connectivity index (χ3n) is 5.13. The summed E-state index contributed by atoms with van der Waals surface area (Å²) in [5.74, 6) is -0.297. The molecule has 3 N–H and O–H groups in total. The van der Waals surface area contributed by atoms with E-state index in [0.29, 0.717) is 6.54 Å². The molecule has 0 bridgehead atoms. The highest BCUT2D eigenvalue weighted by atomic mass is 16.2. The highest BCUT2D eigenvalue weighted by Crippen LogP contribution is 2.19. The summed E-state index contributed by atoms with van der Waals surface area (Å²) in [7, 11) is 0. The number of aryl methyl sites for hydroxylation is 2. The Hall–Kier alpha value is -2.92. The van der Waals surface area contributed by atoms with Crippen LogP contribution in [0.1, 0.15) is 23.1 Å². The van der Waals surface area contributed by atoms with Crippen molar-refractivity contribution < 1.29 is 14.5 Å². The van der Waals surface area contributed by atoms with Crippen LogP contribution in [-0.4, -0.2) is 38.0 Å². The number of benzene rings is 2. The van der Waals surface area contributed by atoms with Crippen molar-refractivity contribution in [2.45, 2.75) is 20.3 Å². The Bertz CT molecular complexity index is 854. The molecule has 1 atom stereocenters. The second kappa shape index (κ2) is 9.33. The fraction of sp³-hybridized carbons (Fsp3) is 0.304. The van der Waals surface area contributed by atoms with Crippen LogP contribution in [0, 0.1) is 13.8 Å². The van der Waals surface area contributed by atoms with E-state index in [1.54, 1.807) is 0 Å². The summed E-state index contributed by atoms with van der Waals surface area (Å²) >= 11 is 0. The number of para-hydroxylation sites is 1. The molecule has 2 amide bonds. The van der Waals surface area contributed by atoms with Crippen LogP contribution in [0.4, 0.5) is 5.69 Å². The van der Waals surface area contributed by atoms with Gasteiger partial charge in [0.25, 0.3) is 5.91 Å². The minimum atomic E-state index is -0.203. The van der Waals surface area contributed by atoms with Gasteiger partial charge in [-0.3, -0.25) is 9.59 Å². The van der Waals surface area contributed by atoms with E-state index in [0.717, 1.165) is 36.3 Å². The monoisotopic (exact) mass is 378 g/mol. The quantitative estimate of drug-likeness (QED) is 0.717. The number of carbonyl (C=O) groups is 2. The van der Waals surface area contributed by atoms with Crippen molar-refractivity contribution in [3.05, 3.63) is 71.3 Å². The van der Waals surface area contributed by atoms with E-state index >= 15 is 0 Å². The van der Waals surface area contributed by atoms with Crippen LogP contribution in [0.5, 0.6) is 0 Å². The van der Waals surface area contributed by atoms with Gasteiger partial charge >= 0.3 is 0 Å². The Labute approximate surface area is 166 Å². The van der Waals surface area contributed by atoms with Gasteiger partial charge in [0.1, 0.15) is 0 Å². The molecular weight excluding hydrogens is 350 g/mol. The van der Waals surface area contributed by atoms with Crippen molar-refractivity contribution in [1.29, 1.82) is 0 Å². The van der Waals surface area contributed by atoms with E-state index in [9.17, 15) is 9.59 Å². The number of rotatable bonds is 6. The van der Waals surface area contributed by atoms with E-state index < -0.39 is 0 Å². The highest BCUT2D eigenvalue weighted by Gasteiger charge is 2.19. The van der Waals surface area contributed by atoms with Gasteiger partial charge < -0.3 is 15.5 Å². The van der Waals surface area contributed by atoms with Gasteiger partial charge in [-0.25, -0.2) is 0 Å². The van der Waals surface area contributed by atoms with Crippen molar-refractivity contribution in [2.75, 3.05) is 31.5 Å². The summed E-state index contributed by atoms with van der Waals surface area (Å²) in [6.07, 6.45) is 3.18. The zero-order chi connectivity index (χ0) is 19.9. The predicted molar refractivity (Wildman–Crippen MR) is 112 cm³/mol. The summed E-state index contributed by atoms with van der Waals surface area (Å²) in [5.41, 5.74) is 5.45. The van der Waals surface area contributed by atoms with Crippen LogP contribution in [0.25, 0.3) is 5.57 Å². The van der Waals surface area contributed by atoms with E-state index in [1.165, 1.54) is 16.0 Å². The van der Waals surface area contributed by atoms with E-state index in [4.69, 9.17) is 0 Å². The summed E-state index contributed by atoms with van der Waals surface area (Å²) in [6.45, 7) is 6.03. The Morgan fingerprint density at radius 3 is 2.32 bits per heavy atom. The normalized spacial score (nSPS) is 16.2. The first kappa shape index (κ1) is 19.8. The smallest absolute Gasteiger partial charge is 0.275 e. The molecule has 1 aliphatic rings. The molecule has 0 fully saturated rings. The molecule has 0 aliphatic carbocycles. The van der Waals surface area contributed by atoms with Crippen LogP contribution in [0.3, 0.4) is 0 Å². The lowest BCUT2D eigenvalue weighted by atomic mass is 10.00. The Morgan fingerprint density at radius 2 is 1.68 bits per heavy atom. The summed E-state index contributed by atoms with van der Waals surface area (Å²) < 4.78 is 0. The third-order valence-corrected chi connectivity index (χ3v) is 5.13. The average molecular weight is 378 g/mol. The van der Waals surface area contributed by atoms with Crippen molar-refractivity contribution >= 4 is 23.1 Å². The van der Waals surface area contributed by atoms with Crippen LogP contribution >= 0.6 is 0 Å². The molecule has 146 valence electrons. The molecule has 0 radical (unpaired) electrons. The van der Waals surface area contributed by atoms with Crippen LogP contribution in [0.15, 0.2) is 54.6 Å². The number of hydrogen-bond donors (Lipinski definition) is 3. The van der Waals surface area contributed by atoms with E-state index in [-0.39, 0.29) is 18.4 Å². The van der Waals surface area contributed by atoms with Gasteiger partial charge in [0.05, 0.1) is 19.6 Å². The summed E-state index contributed by atoms with van der Waals surface area (Å²) in [6, 6.07) is 16.2. The average Bonchev–Trinajstić information content (AvgIpc) is 2.70. The molecule has 0 saturated heterocycles. The Morgan fingerprint density at radius 1 is 0.964 bits per heavy atom. The van der Waals surface area contributed by atoms with Gasteiger partial charge in [0.2, 0.25) is 5.91 Å². The Balaban J connectivity index is 1.44. The molecule has 3 rings (SSSR count). The van der Waals surface area contributed by atoms with Gasteiger partial charge in [0, 0.05) is 12.1 Å². The first-order chi connectivity index (χ1) is 13.5. The fourth-order valence-electron chi connectivity index (χ4n) is 3.52. The third kappa shape index (κ3) is 5.30. The summed E-state index contributed by atoms with van der Waals surface area (Å²) in [4.78, 5) is 25.6. The molecule has 1 heterocycles.